The standard InChI is InChI=1S/C9H20N2O3.C8H10O.C3H8O/c1-6(2)10-9(12)8(4)7(3)5-14-11-13;1-2-9-8-6-4-3-5-7-8;1-3-4-2/h6-8,11,13H,5H2,1-4H3,(H,10,12);3-7H,2H2,1H3;3H2,1-2H3. The average Bonchev–Trinajstić information content (AvgIpc) is 2.66. The Morgan fingerprint density at radius 2 is 1.63 bits per heavy atom. The number of carbonyl (C=O) groups excluding carboxylic acids is 1. The molecule has 3 N–H and O–H groups in total. The van der Waals surface area contributed by atoms with E-state index in [-0.39, 0.29) is 23.8 Å². The fourth-order valence-corrected chi connectivity index (χ4v) is 1.67. The van der Waals surface area contributed by atoms with Crippen molar-refractivity contribution in [3.8, 4) is 5.75 Å². The van der Waals surface area contributed by atoms with Crippen molar-refractivity contribution in [1.82, 2.24) is 11.0 Å². The molecular formula is C20H38N2O5. The molecule has 0 saturated heterocycles. The molecule has 7 heteroatoms. The molecule has 0 radical (unpaired) electrons. The van der Waals surface area contributed by atoms with Crippen LogP contribution < -0.4 is 15.7 Å². The Morgan fingerprint density at radius 1 is 1.07 bits per heavy atom. The number of carbonyl (C=O) groups is 1. The Bertz CT molecular complexity index is 441. The van der Waals surface area contributed by atoms with E-state index in [1.807, 2.05) is 71.9 Å². The Morgan fingerprint density at radius 3 is 2.04 bits per heavy atom. The number of amides is 1. The smallest absolute Gasteiger partial charge is 0.223 e. The molecule has 0 aliphatic rings. The van der Waals surface area contributed by atoms with Crippen molar-refractivity contribution < 1.29 is 24.3 Å². The third kappa shape index (κ3) is 17.5. The minimum absolute atomic E-state index is 0.00837. The number of benzene rings is 1. The first-order valence-electron chi connectivity index (χ1n) is 9.31. The van der Waals surface area contributed by atoms with Crippen LogP contribution in [-0.4, -0.2) is 44.1 Å². The summed E-state index contributed by atoms with van der Waals surface area (Å²) in [5, 5.41) is 11.0. The summed E-state index contributed by atoms with van der Waals surface area (Å²) in [6.45, 7) is 13.4. The van der Waals surface area contributed by atoms with Gasteiger partial charge in [-0.3, -0.25) is 14.8 Å². The largest absolute Gasteiger partial charge is 0.494 e. The molecule has 1 aromatic rings. The first-order valence-corrected chi connectivity index (χ1v) is 9.31. The first-order chi connectivity index (χ1) is 12.8. The van der Waals surface area contributed by atoms with E-state index in [9.17, 15) is 4.79 Å². The third-order valence-corrected chi connectivity index (χ3v) is 3.45. The quantitative estimate of drug-likeness (QED) is 0.564. The molecule has 158 valence electrons. The zero-order valence-electron chi connectivity index (χ0n) is 17.8. The maximum Gasteiger partial charge on any atom is 0.223 e. The zero-order valence-corrected chi connectivity index (χ0v) is 17.8. The molecule has 0 saturated carbocycles. The molecule has 1 aromatic carbocycles. The second-order valence-corrected chi connectivity index (χ2v) is 6.15. The van der Waals surface area contributed by atoms with Gasteiger partial charge in [0.1, 0.15) is 5.75 Å². The van der Waals surface area contributed by atoms with Crippen molar-refractivity contribution >= 4 is 5.91 Å². The van der Waals surface area contributed by atoms with Crippen LogP contribution in [0.3, 0.4) is 0 Å². The van der Waals surface area contributed by atoms with Gasteiger partial charge in [-0.2, -0.15) is 0 Å². The van der Waals surface area contributed by atoms with Gasteiger partial charge >= 0.3 is 0 Å². The lowest BCUT2D eigenvalue weighted by Gasteiger charge is -2.19. The molecule has 0 aliphatic carbocycles. The second kappa shape index (κ2) is 19.1. The monoisotopic (exact) mass is 386 g/mol. The van der Waals surface area contributed by atoms with Gasteiger partial charge in [0.15, 0.2) is 0 Å². The highest BCUT2D eigenvalue weighted by atomic mass is 16.8. The Hall–Kier alpha value is -1.67. The van der Waals surface area contributed by atoms with Gasteiger partial charge in [0.05, 0.1) is 13.2 Å². The van der Waals surface area contributed by atoms with Crippen LogP contribution in [0.4, 0.5) is 0 Å². The van der Waals surface area contributed by atoms with Gasteiger partial charge in [-0.15, -0.1) is 0 Å². The summed E-state index contributed by atoms with van der Waals surface area (Å²) in [5.41, 5.74) is 1.60. The van der Waals surface area contributed by atoms with Crippen molar-refractivity contribution in [2.75, 3.05) is 26.9 Å². The highest BCUT2D eigenvalue weighted by molar-refractivity contribution is 5.78. The lowest BCUT2D eigenvalue weighted by atomic mass is 9.96. The van der Waals surface area contributed by atoms with Crippen molar-refractivity contribution in [3.05, 3.63) is 30.3 Å². The van der Waals surface area contributed by atoms with E-state index in [0.29, 0.717) is 6.61 Å². The summed E-state index contributed by atoms with van der Waals surface area (Å²) in [6, 6.07) is 9.94. The number of ether oxygens (including phenoxy) is 2. The van der Waals surface area contributed by atoms with E-state index in [4.69, 9.17) is 9.94 Å². The van der Waals surface area contributed by atoms with Gasteiger partial charge in [-0.05, 0) is 45.7 Å². The predicted molar refractivity (Wildman–Crippen MR) is 108 cm³/mol. The highest BCUT2D eigenvalue weighted by Gasteiger charge is 2.20. The molecule has 0 heterocycles. The number of hydrogen-bond donors (Lipinski definition) is 3. The van der Waals surface area contributed by atoms with Gasteiger partial charge in [0.2, 0.25) is 5.91 Å². The second-order valence-electron chi connectivity index (χ2n) is 6.15. The van der Waals surface area contributed by atoms with E-state index >= 15 is 0 Å². The van der Waals surface area contributed by atoms with Crippen molar-refractivity contribution in [2.45, 2.75) is 47.6 Å². The highest BCUT2D eigenvalue weighted by Crippen LogP contribution is 2.11. The summed E-state index contributed by atoms with van der Waals surface area (Å²) in [6.07, 6.45) is 0. The Balaban J connectivity index is 0. The number of methoxy groups -OCH3 is 1. The van der Waals surface area contributed by atoms with Crippen LogP contribution >= 0.6 is 0 Å². The maximum absolute atomic E-state index is 11.5. The molecule has 27 heavy (non-hydrogen) atoms. The van der Waals surface area contributed by atoms with Crippen LogP contribution in [0, 0.1) is 11.8 Å². The Labute approximate surface area is 164 Å². The summed E-state index contributed by atoms with van der Waals surface area (Å²) < 4.78 is 9.75. The lowest BCUT2D eigenvalue weighted by Crippen LogP contribution is -2.38. The van der Waals surface area contributed by atoms with Gasteiger partial charge in [-0.25, -0.2) is 0 Å². The average molecular weight is 387 g/mol. The van der Waals surface area contributed by atoms with Crippen molar-refractivity contribution in [1.29, 1.82) is 0 Å². The lowest BCUT2D eigenvalue weighted by molar-refractivity contribution is -0.145. The molecule has 2 unspecified atom stereocenters. The normalized spacial score (nSPS) is 12.0. The molecule has 1 rings (SSSR count). The fourth-order valence-electron chi connectivity index (χ4n) is 1.67. The third-order valence-electron chi connectivity index (χ3n) is 3.45. The zero-order chi connectivity index (χ0) is 21.1. The van der Waals surface area contributed by atoms with E-state index in [1.165, 1.54) is 0 Å². The van der Waals surface area contributed by atoms with Gasteiger partial charge in [0.25, 0.3) is 0 Å². The molecule has 2 atom stereocenters. The number of hydrogen-bond acceptors (Lipinski definition) is 6. The number of para-hydroxylation sites is 1. The molecule has 0 fully saturated rings. The van der Waals surface area contributed by atoms with E-state index in [0.717, 1.165) is 19.0 Å². The van der Waals surface area contributed by atoms with Crippen LogP contribution in [0.15, 0.2) is 30.3 Å². The van der Waals surface area contributed by atoms with Crippen molar-refractivity contribution in [2.24, 2.45) is 11.8 Å². The molecule has 1 amide bonds. The maximum atomic E-state index is 11.5. The predicted octanol–water partition coefficient (Wildman–Crippen LogP) is 3.43. The van der Waals surface area contributed by atoms with E-state index in [1.54, 1.807) is 12.8 Å². The molecule has 0 aliphatic heterocycles. The molecule has 0 spiro atoms. The minimum atomic E-state index is -0.134. The first kappa shape index (κ1) is 27.5. The van der Waals surface area contributed by atoms with Gasteiger partial charge in [-0.1, -0.05) is 37.7 Å². The minimum Gasteiger partial charge on any atom is -0.494 e. The van der Waals surface area contributed by atoms with Crippen molar-refractivity contribution in [3.63, 3.8) is 0 Å². The number of rotatable bonds is 9. The topological polar surface area (TPSA) is 89.1 Å². The summed E-state index contributed by atoms with van der Waals surface area (Å²) in [7, 11) is 1.68. The molecular weight excluding hydrogens is 348 g/mol. The van der Waals surface area contributed by atoms with Gasteiger partial charge in [0, 0.05) is 25.7 Å². The van der Waals surface area contributed by atoms with Crippen LogP contribution in [0.25, 0.3) is 0 Å². The van der Waals surface area contributed by atoms with Gasteiger partial charge < -0.3 is 14.8 Å². The summed E-state index contributed by atoms with van der Waals surface area (Å²) >= 11 is 0. The Kier molecular flexibility index (Phi) is 19.5. The van der Waals surface area contributed by atoms with Crippen LogP contribution in [0.2, 0.25) is 0 Å². The van der Waals surface area contributed by atoms with Crippen LogP contribution in [0.1, 0.15) is 41.5 Å². The van der Waals surface area contributed by atoms with E-state index in [2.05, 4.69) is 14.9 Å². The summed E-state index contributed by atoms with van der Waals surface area (Å²) in [4.78, 5) is 16.1. The van der Waals surface area contributed by atoms with Crippen LogP contribution in [-0.2, 0) is 14.4 Å². The molecule has 7 nitrogen and oxygen atoms in total. The molecule has 0 aromatic heterocycles. The fraction of sp³-hybridized carbons (Fsp3) is 0.650. The number of nitrogens with one attached hydrogen (secondary N) is 2. The summed E-state index contributed by atoms with van der Waals surface area (Å²) in [5.74, 6) is 0.869. The SMILES string of the molecule is CC(C)NC(=O)C(C)C(C)CONO.CCOC.CCOc1ccccc1. The molecule has 0 bridgehead atoms. The van der Waals surface area contributed by atoms with E-state index < -0.39 is 0 Å². The van der Waals surface area contributed by atoms with Crippen LogP contribution in [0.5, 0.6) is 5.75 Å².